The number of rotatable bonds is 2. The number of carbonyl (C=O) groups excluding carboxylic acids is 1. The van der Waals surface area contributed by atoms with Gasteiger partial charge in [0.25, 0.3) is 0 Å². The molecule has 5 heteroatoms. The molecule has 4 fully saturated rings. The molecule has 0 atom stereocenters. The maximum Gasteiger partial charge on any atom is 0.231 e. The summed E-state index contributed by atoms with van der Waals surface area (Å²) in [5, 5.41) is 12.6. The number of nitrogens with zero attached hydrogens (tertiary/aromatic N) is 1. The number of halogens is 1. The fraction of sp³-hybridized carbons (Fsp3) is 0.625. The molecule has 4 saturated carbocycles. The number of hydrogen-bond acceptors (Lipinski definition) is 3. The Balaban J connectivity index is 0.00000132. The van der Waals surface area contributed by atoms with E-state index >= 15 is 0 Å². The highest BCUT2D eigenvalue weighted by Gasteiger charge is 2.54. The zero-order valence-electron chi connectivity index (χ0n) is 11.9. The van der Waals surface area contributed by atoms with Gasteiger partial charge in [0.1, 0.15) is 0 Å². The van der Waals surface area contributed by atoms with Crippen LogP contribution in [-0.4, -0.2) is 16.0 Å². The Labute approximate surface area is 130 Å². The second kappa shape index (κ2) is 5.16. The highest BCUT2D eigenvalue weighted by atomic mass is 35.5. The first-order valence-corrected chi connectivity index (χ1v) is 7.60. The highest BCUT2D eigenvalue weighted by Crippen LogP contribution is 2.60. The number of anilines is 1. The minimum absolute atomic E-state index is 0. The Morgan fingerprint density at radius 3 is 2.29 bits per heavy atom. The van der Waals surface area contributed by atoms with Crippen molar-refractivity contribution in [1.29, 1.82) is 0 Å². The van der Waals surface area contributed by atoms with Crippen LogP contribution in [0.5, 0.6) is 5.75 Å². The van der Waals surface area contributed by atoms with Crippen LogP contribution in [0, 0.1) is 23.2 Å². The summed E-state index contributed by atoms with van der Waals surface area (Å²) >= 11 is 0. The molecule has 4 aliphatic carbocycles. The lowest BCUT2D eigenvalue weighted by molar-refractivity contribution is -0.140. The predicted octanol–water partition coefficient (Wildman–Crippen LogP) is 3.36. The van der Waals surface area contributed by atoms with Gasteiger partial charge in [-0.15, -0.1) is 12.4 Å². The molecule has 0 saturated heterocycles. The SMILES string of the molecule is Cl.O=C(Nc1ncccc1O)C12CC3CC(CC(C3)C1)C2. The van der Waals surface area contributed by atoms with Crippen LogP contribution in [0.3, 0.4) is 0 Å². The maximum absolute atomic E-state index is 12.8. The molecular weight excluding hydrogens is 288 g/mol. The molecule has 0 spiro atoms. The van der Waals surface area contributed by atoms with Crippen molar-refractivity contribution in [3.63, 3.8) is 0 Å². The second-order valence-corrected chi connectivity index (χ2v) is 7.02. The van der Waals surface area contributed by atoms with E-state index in [9.17, 15) is 9.90 Å². The van der Waals surface area contributed by atoms with E-state index in [4.69, 9.17) is 0 Å². The third-order valence-electron chi connectivity index (χ3n) is 5.54. The molecule has 0 aromatic carbocycles. The first-order valence-electron chi connectivity index (χ1n) is 7.60. The fourth-order valence-electron chi connectivity index (χ4n) is 5.12. The summed E-state index contributed by atoms with van der Waals surface area (Å²) in [5.74, 6) is 2.64. The van der Waals surface area contributed by atoms with E-state index in [0.29, 0.717) is 5.82 Å². The van der Waals surface area contributed by atoms with Crippen molar-refractivity contribution in [2.24, 2.45) is 23.2 Å². The third-order valence-corrected chi connectivity index (χ3v) is 5.54. The molecule has 21 heavy (non-hydrogen) atoms. The van der Waals surface area contributed by atoms with Gasteiger partial charge in [0.2, 0.25) is 5.91 Å². The standard InChI is InChI=1S/C16H20N2O2.ClH/c19-13-2-1-3-17-14(13)18-15(20)16-7-10-4-11(8-16)6-12(5-10)9-16;/h1-3,10-12,19H,4-9H2,(H,17,18,20);1H. The average Bonchev–Trinajstić information content (AvgIpc) is 2.40. The van der Waals surface area contributed by atoms with Crippen LogP contribution in [0.4, 0.5) is 5.82 Å². The molecular formula is C16H21ClN2O2. The molecule has 0 aliphatic heterocycles. The van der Waals surface area contributed by atoms with Crippen molar-refractivity contribution < 1.29 is 9.90 Å². The number of hydrogen-bond donors (Lipinski definition) is 2. The van der Waals surface area contributed by atoms with E-state index in [2.05, 4.69) is 10.3 Å². The van der Waals surface area contributed by atoms with Crippen LogP contribution in [-0.2, 0) is 4.79 Å². The van der Waals surface area contributed by atoms with Gasteiger partial charge in [-0.25, -0.2) is 4.98 Å². The quantitative estimate of drug-likeness (QED) is 0.880. The Morgan fingerprint density at radius 2 is 1.76 bits per heavy atom. The first-order chi connectivity index (χ1) is 9.64. The number of amides is 1. The smallest absolute Gasteiger partial charge is 0.231 e. The van der Waals surface area contributed by atoms with Crippen molar-refractivity contribution >= 4 is 24.1 Å². The molecule has 1 aromatic heterocycles. The minimum atomic E-state index is -0.196. The normalized spacial score (nSPS) is 36.1. The van der Waals surface area contributed by atoms with Crippen LogP contribution in [0.25, 0.3) is 0 Å². The summed E-state index contributed by atoms with van der Waals surface area (Å²) in [7, 11) is 0. The summed E-state index contributed by atoms with van der Waals surface area (Å²) < 4.78 is 0. The van der Waals surface area contributed by atoms with Gasteiger partial charge in [-0.2, -0.15) is 0 Å². The van der Waals surface area contributed by atoms with Gasteiger partial charge in [-0.3, -0.25) is 4.79 Å². The Hall–Kier alpha value is -1.29. The van der Waals surface area contributed by atoms with E-state index in [1.165, 1.54) is 19.3 Å². The molecule has 4 aliphatic rings. The van der Waals surface area contributed by atoms with Crippen molar-refractivity contribution in [2.45, 2.75) is 38.5 Å². The molecule has 1 heterocycles. The topological polar surface area (TPSA) is 62.2 Å². The molecule has 1 amide bonds. The van der Waals surface area contributed by atoms with Gasteiger partial charge in [-0.1, -0.05) is 0 Å². The maximum atomic E-state index is 12.8. The molecule has 114 valence electrons. The number of pyridine rings is 1. The van der Waals surface area contributed by atoms with E-state index in [-0.39, 0.29) is 29.5 Å². The van der Waals surface area contributed by atoms with Gasteiger partial charge < -0.3 is 10.4 Å². The van der Waals surface area contributed by atoms with Gasteiger partial charge in [0, 0.05) is 6.20 Å². The molecule has 4 bridgehead atoms. The largest absolute Gasteiger partial charge is 0.504 e. The predicted molar refractivity (Wildman–Crippen MR) is 82.4 cm³/mol. The van der Waals surface area contributed by atoms with Gasteiger partial charge in [0.15, 0.2) is 11.6 Å². The summed E-state index contributed by atoms with van der Waals surface area (Å²) in [6.45, 7) is 0. The summed E-state index contributed by atoms with van der Waals surface area (Å²) in [4.78, 5) is 16.8. The lowest BCUT2D eigenvalue weighted by Gasteiger charge is -2.55. The lowest BCUT2D eigenvalue weighted by atomic mass is 9.49. The van der Waals surface area contributed by atoms with E-state index in [0.717, 1.165) is 37.0 Å². The van der Waals surface area contributed by atoms with Crippen molar-refractivity contribution in [2.75, 3.05) is 5.32 Å². The van der Waals surface area contributed by atoms with E-state index in [1.54, 1.807) is 18.3 Å². The van der Waals surface area contributed by atoms with Crippen LogP contribution in [0.2, 0.25) is 0 Å². The Kier molecular flexibility index (Phi) is 3.60. The van der Waals surface area contributed by atoms with Gasteiger partial charge >= 0.3 is 0 Å². The highest BCUT2D eigenvalue weighted by molar-refractivity contribution is 5.95. The number of nitrogens with one attached hydrogen (secondary N) is 1. The van der Waals surface area contributed by atoms with E-state index < -0.39 is 0 Å². The van der Waals surface area contributed by atoms with E-state index in [1.807, 2.05) is 0 Å². The number of aromatic nitrogens is 1. The zero-order valence-corrected chi connectivity index (χ0v) is 12.7. The molecule has 5 rings (SSSR count). The fourth-order valence-corrected chi connectivity index (χ4v) is 5.12. The molecule has 2 N–H and O–H groups in total. The zero-order chi connectivity index (χ0) is 13.7. The van der Waals surface area contributed by atoms with Gasteiger partial charge in [-0.05, 0) is 68.4 Å². The van der Waals surface area contributed by atoms with Crippen LogP contribution < -0.4 is 5.32 Å². The first kappa shape index (κ1) is 14.6. The summed E-state index contributed by atoms with van der Waals surface area (Å²) in [6, 6.07) is 3.22. The van der Waals surface area contributed by atoms with Crippen LogP contribution in [0.15, 0.2) is 18.3 Å². The number of aromatic hydroxyl groups is 1. The van der Waals surface area contributed by atoms with Crippen LogP contribution >= 0.6 is 12.4 Å². The van der Waals surface area contributed by atoms with Crippen molar-refractivity contribution in [3.05, 3.63) is 18.3 Å². The third kappa shape index (κ3) is 2.39. The van der Waals surface area contributed by atoms with Gasteiger partial charge in [0.05, 0.1) is 5.41 Å². The Bertz CT molecular complexity index is 526. The molecule has 0 radical (unpaired) electrons. The Morgan fingerprint density at radius 1 is 1.19 bits per heavy atom. The second-order valence-electron chi connectivity index (χ2n) is 7.02. The molecule has 4 nitrogen and oxygen atoms in total. The van der Waals surface area contributed by atoms with Crippen molar-refractivity contribution in [3.8, 4) is 5.75 Å². The minimum Gasteiger partial charge on any atom is -0.504 e. The summed E-state index contributed by atoms with van der Waals surface area (Å²) in [5.41, 5.74) is -0.196. The van der Waals surface area contributed by atoms with Crippen LogP contribution in [0.1, 0.15) is 38.5 Å². The lowest BCUT2D eigenvalue weighted by Crippen LogP contribution is -2.51. The molecule has 0 unspecified atom stereocenters. The molecule has 1 aromatic rings. The monoisotopic (exact) mass is 308 g/mol. The average molecular weight is 309 g/mol. The van der Waals surface area contributed by atoms with Crippen molar-refractivity contribution in [1.82, 2.24) is 4.98 Å². The number of carbonyl (C=O) groups is 1. The summed E-state index contributed by atoms with van der Waals surface area (Å²) in [6.07, 6.45) is 8.63.